The van der Waals surface area contributed by atoms with Gasteiger partial charge in [0.15, 0.2) is 0 Å². The Balaban J connectivity index is 0.942. The van der Waals surface area contributed by atoms with Crippen molar-refractivity contribution in [2.24, 2.45) is 0 Å². The first-order chi connectivity index (χ1) is 28.8. The number of aromatic nitrogens is 2. The maximum Gasteiger partial charge on any atom is 0.0632 e. The van der Waals surface area contributed by atoms with Crippen molar-refractivity contribution in [2.45, 2.75) is 24.9 Å². The fraction of sp³-hybridized carbons (Fsp3) is 0.0741. The summed E-state index contributed by atoms with van der Waals surface area (Å²) in [6.45, 7) is 0. The van der Waals surface area contributed by atoms with Gasteiger partial charge in [-0.25, -0.2) is 0 Å². The topological polar surface area (TPSA) is 16.3 Å². The first-order valence-corrected chi connectivity index (χ1v) is 20.4. The molecule has 0 amide bonds. The number of benzene rings is 7. The highest BCUT2D eigenvalue weighted by Crippen LogP contribution is 2.48. The number of hydrogen-bond donors (Lipinski definition) is 0. The van der Waals surface area contributed by atoms with Crippen LogP contribution in [-0.4, -0.2) is 21.2 Å². The minimum Gasteiger partial charge on any atom is -0.334 e. The van der Waals surface area contributed by atoms with E-state index in [0.717, 1.165) is 24.2 Å². The van der Waals surface area contributed by atoms with Gasteiger partial charge in [-0.3, -0.25) is 0 Å². The van der Waals surface area contributed by atoms with Crippen molar-refractivity contribution in [3.8, 4) is 5.69 Å². The van der Waals surface area contributed by atoms with E-state index in [2.05, 4.69) is 225 Å². The molecular formula is C54H40N4. The number of nitrogens with zero attached hydrogens (tertiary/aromatic N) is 4. The SMILES string of the molecule is C1=CCC2C(=C1)c1ccccc1N2c1ccc(N(c2ccc(-n3c4ccccc4c4ccccc43)cc2)C2C=CC(n3c4ccccc4c4ccccc43)=CC2)cc1. The molecule has 0 N–H and O–H groups in total. The van der Waals surface area contributed by atoms with Crippen molar-refractivity contribution in [1.82, 2.24) is 9.13 Å². The third-order valence-corrected chi connectivity index (χ3v) is 12.5. The third-order valence-electron chi connectivity index (χ3n) is 12.5. The van der Waals surface area contributed by atoms with Crippen molar-refractivity contribution in [3.05, 3.63) is 212 Å². The minimum absolute atomic E-state index is 0.118. The summed E-state index contributed by atoms with van der Waals surface area (Å²) < 4.78 is 4.82. The lowest BCUT2D eigenvalue weighted by atomic mass is 9.96. The number of anilines is 4. The monoisotopic (exact) mass is 744 g/mol. The number of fused-ring (bicyclic) bond motifs is 9. The highest BCUT2D eigenvalue weighted by Gasteiger charge is 2.34. The summed E-state index contributed by atoms with van der Waals surface area (Å²) in [5.41, 5.74) is 14.9. The highest BCUT2D eigenvalue weighted by molar-refractivity contribution is 6.11. The molecule has 3 heterocycles. The van der Waals surface area contributed by atoms with E-state index in [1.807, 2.05) is 0 Å². The zero-order valence-corrected chi connectivity index (χ0v) is 32.0. The molecule has 0 bridgehead atoms. The average Bonchev–Trinajstić information content (AvgIpc) is 3.93. The fourth-order valence-electron chi connectivity index (χ4n) is 9.97. The summed E-state index contributed by atoms with van der Waals surface area (Å²) in [4.78, 5) is 5.04. The molecule has 58 heavy (non-hydrogen) atoms. The Morgan fingerprint density at radius 2 is 1.00 bits per heavy atom. The zero-order chi connectivity index (χ0) is 38.2. The van der Waals surface area contributed by atoms with Gasteiger partial charge in [-0.2, -0.15) is 0 Å². The lowest BCUT2D eigenvalue weighted by Gasteiger charge is -2.34. The van der Waals surface area contributed by atoms with E-state index >= 15 is 0 Å². The van der Waals surface area contributed by atoms with Gasteiger partial charge >= 0.3 is 0 Å². The Morgan fingerprint density at radius 1 is 0.483 bits per heavy atom. The number of rotatable bonds is 6. The van der Waals surface area contributed by atoms with E-state index in [4.69, 9.17) is 0 Å². The molecule has 0 spiro atoms. The van der Waals surface area contributed by atoms with Crippen LogP contribution in [0.15, 0.2) is 206 Å². The van der Waals surface area contributed by atoms with Crippen LogP contribution in [0.2, 0.25) is 0 Å². The van der Waals surface area contributed by atoms with Crippen LogP contribution in [0.4, 0.5) is 22.7 Å². The molecule has 276 valence electrons. The van der Waals surface area contributed by atoms with Crippen LogP contribution in [0, 0.1) is 0 Å². The molecule has 0 saturated carbocycles. The van der Waals surface area contributed by atoms with Gasteiger partial charge in [0, 0.05) is 61.2 Å². The lowest BCUT2D eigenvalue weighted by molar-refractivity contribution is 0.782. The molecule has 12 rings (SSSR count). The van der Waals surface area contributed by atoms with E-state index in [1.54, 1.807) is 0 Å². The van der Waals surface area contributed by atoms with Gasteiger partial charge < -0.3 is 18.9 Å². The summed E-state index contributed by atoms with van der Waals surface area (Å²) in [7, 11) is 0. The van der Waals surface area contributed by atoms with E-state index in [9.17, 15) is 0 Å². The standard InChI is InChI=1S/C54H40N4/c1-7-19-49-43(13-1)44-14-2-8-20-50(44)56(49)40-31-25-37(26-32-40)55(38-27-33-41(34-28-38)57-51-21-9-3-15-45(51)46-16-4-10-22-52(46)57)39-29-35-42(36-30-39)58-53-23-11-5-17-47(53)48-18-6-12-24-54(48)58/h1-23,25-27,29-36,38,54H,24,28H2. The Labute approximate surface area is 337 Å². The van der Waals surface area contributed by atoms with E-state index in [0.29, 0.717) is 6.04 Å². The Kier molecular flexibility index (Phi) is 7.45. The van der Waals surface area contributed by atoms with Crippen molar-refractivity contribution in [3.63, 3.8) is 0 Å². The summed E-state index contributed by atoms with van der Waals surface area (Å²) in [5, 5.41) is 5.11. The molecule has 4 heteroatoms. The van der Waals surface area contributed by atoms with Crippen LogP contribution in [0.5, 0.6) is 0 Å². The molecular weight excluding hydrogens is 705 g/mol. The Bertz CT molecular complexity index is 3080. The maximum atomic E-state index is 2.53. The van der Waals surface area contributed by atoms with Crippen LogP contribution in [0.1, 0.15) is 18.4 Å². The van der Waals surface area contributed by atoms with Gasteiger partial charge in [-0.05, 0) is 103 Å². The van der Waals surface area contributed by atoms with Crippen LogP contribution >= 0.6 is 0 Å². The molecule has 0 saturated heterocycles. The summed E-state index contributed by atoms with van der Waals surface area (Å²) in [6.07, 6.45) is 15.8. The first kappa shape index (κ1) is 32.9. The normalized spacial score (nSPS) is 17.2. The molecule has 0 fully saturated rings. The predicted octanol–water partition coefficient (Wildman–Crippen LogP) is 13.8. The second kappa shape index (κ2) is 13.1. The summed E-state index contributed by atoms with van der Waals surface area (Å²) in [5.74, 6) is 0. The van der Waals surface area contributed by atoms with Crippen molar-refractivity contribution in [2.75, 3.05) is 9.80 Å². The second-order valence-electron chi connectivity index (χ2n) is 15.6. The summed E-state index contributed by atoms with van der Waals surface area (Å²) in [6, 6.07) is 62.7. The van der Waals surface area contributed by atoms with Crippen molar-refractivity contribution in [1.29, 1.82) is 0 Å². The quantitative estimate of drug-likeness (QED) is 0.169. The molecule has 2 unspecified atom stereocenters. The van der Waals surface area contributed by atoms with Gasteiger partial charge in [-0.15, -0.1) is 0 Å². The minimum atomic E-state index is 0.118. The smallest absolute Gasteiger partial charge is 0.0632 e. The molecule has 2 aliphatic carbocycles. The van der Waals surface area contributed by atoms with E-state index in [1.165, 1.54) is 77.5 Å². The molecule has 1 aliphatic heterocycles. The van der Waals surface area contributed by atoms with E-state index < -0.39 is 0 Å². The average molecular weight is 745 g/mol. The number of para-hydroxylation sites is 5. The zero-order valence-electron chi connectivity index (χ0n) is 32.0. The van der Waals surface area contributed by atoms with Gasteiger partial charge in [0.05, 0.1) is 34.2 Å². The highest BCUT2D eigenvalue weighted by atomic mass is 15.2. The molecule has 9 aromatic rings. The van der Waals surface area contributed by atoms with Gasteiger partial charge in [0.25, 0.3) is 0 Å². The van der Waals surface area contributed by atoms with Gasteiger partial charge in [0.2, 0.25) is 0 Å². The molecule has 0 radical (unpaired) electrons. The first-order valence-electron chi connectivity index (χ1n) is 20.4. The molecule has 2 atom stereocenters. The Morgan fingerprint density at radius 3 is 1.57 bits per heavy atom. The number of allylic oxidation sites excluding steroid dienone is 4. The van der Waals surface area contributed by atoms with Crippen molar-refractivity contribution >= 4 is 77.6 Å². The molecule has 3 aliphatic rings. The lowest BCUT2D eigenvalue weighted by Crippen LogP contribution is -2.30. The number of hydrogen-bond acceptors (Lipinski definition) is 2. The summed E-state index contributed by atoms with van der Waals surface area (Å²) >= 11 is 0. The predicted molar refractivity (Wildman–Crippen MR) is 245 cm³/mol. The second-order valence-corrected chi connectivity index (χ2v) is 15.6. The Hall–Kier alpha value is -7.30. The largest absolute Gasteiger partial charge is 0.334 e. The molecule has 7 aromatic carbocycles. The molecule has 2 aromatic heterocycles. The van der Waals surface area contributed by atoms with Crippen LogP contribution < -0.4 is 9.80 Å². The molecule has 4 nitrogen and oxygen atoms in total. The van der Waals surface area contributed by atoms with Crippen LogP contribution in [0.25, 0.3) is 60.6 Å². The van der Waals surface area contributed by atoms with Crippen LogP contribution in [-0.2, 0) is 0 Å². The van der Waals surface area contributed by atoms with E-state index in [-0.39, 0.29) is 6.04 Å². The van der Waals surface area contributed by atoms with Crippen molar-refractivity contribution < 1.29 is 0 Å². The fourth-order valence-corrected chi connectivity index (χ4v) is 9.97. The van der Waals surface area contributed by atoms with Gasteiger partial charge in [-0.1, -0.05) is 121 Å². The maximum absolute atomic E-state index is 2.53. The van der Waals surface area contributed by atoms with Crippen LogP contribution in [0.3, 0.4) is 0 Å². The van der Waals surface area contributed by atoms with Gasteiger partial charge in [0.1, 0.15) is 0 Å². The third kappa shape index (κ3) is 5.01.